The van der Waals surface area contributed by atoms with Crippen LogP contribution < -0.4 is 0 Å². The molecule has 0 radical (unpaired) electrons. The summed E-state index contributed by atoms with van der Waals surface area (Å²) in [6.45, 7) is 0. The van der Waals surface area contributed by atoms with Gasteiger partial charge < -0.3 is 15.3 Å². The molecule has 0 fully saturated rings. The summed E-state index contributed by atoms with van der Waals surface area (Å²) in [4.78, 5) is 10.4. The van der Waals surface area contributed by atoms with Crippen molar-refractivity contribution in [1.82, 2.24) is 0 Å². The van der Waals surface area contributed by atoms with Gasteiger partial charge in [-0.15, -0.1) is 11.6 Å². The Morgan fingerprint density at radius 2 is 1.92 bits per heavy atom. The molecule has 1 aromatic rings. The highest BCUT2D eigenvalue weighted by molar-refractivity contribution is 6.29. The topological polar surface area (TPSA) is 77.8 Å². The van der Waals surface area contributed by atoms with Gasteiger partial charge in [0.1, 0.15) is 0 Å². The molecular formula is C8H7ClO4. The van der Waals surface area contributed by atoms with Crippen LogP contribution in [0.15, 0.2) is 18.2 Å². The van der Waals surface area contributed by atoms with Crippen LogP contribution in [-0.4, -0.2) is 21.3 Å². The Labute approximate surface area is 79.0 Å². The van der Waals surface area contributed by atoms with Gasteiger partial charge in [-0.2, -0.15) is 0 Å². The number of carboxylic acid groups (broad SMARTS) is 1. The minimum Gasteiger partial charge on any atom is -0.504 e. The summed E-state index contributed by atoms with van der Waals surface area (Å²) in [6, 6.07) is 3.63. The number of hydrogen-bond acceptors (Lipinski definition) is 3. The Bertz CT molecular complexity index is 337. The molecule has 4 nitrogen and oxygen atoms in total. The van der Waals surface area contributed by atoms with Gasteiger partial charge in [-0.05, 0) is 17.7 Å². The summed E-state index contributed by atoms with van der Waals surface area (Å²) >= 11 is 5.47. The lowest BCUT2D eigenvalue weighted by molar-refractivity contribution is -0.136. The molecule has 13 heavy (non-hydrogen) atoms. The maximum atomic E-state index is 10.4. The predicted octanol–water partition coefficient (Wildman–Crippen LogP) is 1.46. The van der Waals surface area contributed by atoms with Crippen molar-refractivity contribution in [3.8, 4) is 11.5 Å². The predicted molar refractivity (Wildman–Crippen MR) is 46.0 cm³/mol. The number of hydrogen-bond donors (Lipinski definition) is 3. The summed E-state index contributed by atoms with van der Waals surface area (Å²) in [6.07, 6.45) is 0. The van der Waals surface area contributed by atoms with Crippen molar-refractivity contribution in [2.75, 3.05) is 0 Å². The van der Waals surface area contributed by atoms with E-state index in [1.165, 1.54) is 12.1 Å². The maximum absolute atomic E-state index is 10.4. The van der Waals surface area contributed by atoms with Crippen molar-refractivity contribution in [3.63, 3.8) is 0 Å². The van der Waals surface area contributed by atoms with E-state index in [1.54, 1.807) is 0 Å². The van der Waals surface area contributed by atoms with Crippen molar-refractivity contribution in [2.24, 2.45) is 0 Å². The van der Waals surface area contributed by atoms with Gasteiger partial charge >= 0.3 is 5.97 Å². The Balaban J connectivity index is 3.03. The molecule has 1 rings (SSSR count). The van der Waals surface area contributed by atoms with Gasteiger partial charge in [0.25, 0.3) is 0 Å². The molecule has 0 aliphatic rings. The molecule has 5 heteroatoms. The number of alkyl halides is 1. The standard InChI is InChI=1S/C8H7ClO4/c9-7(8(12)13)4-1-2-5(10)6(11)3-4/h1-3,7,10-11H,(H,12,13). The molecule has 0 saturated heterocycles. The summed E-state index contributed by atoms with van der Waals surface area (Å²) in [5, 5.41) is 25.3. The molecule has 1 atom stereocenters. The molecule has 0 bridgehead atoms. The van der Waals surface area contributed by atoms with Crippen LogP contribution in [0.4, 0.5) is 0 Å². The number of rotatable bonds is 2. The van der Waals surface area contributed by atoms with E-state index in [0.29, 0.717) is 0 Å². The quantitative estimate of drug-likeness (QED) is 0.501. The van der Waals surface area contributed by atoms with Crippen molar-refractivity contribution < 1.29 is 20.1 Å². The lowest BCUT2D eigenvalue weighted by Gasteiger charge is -2.05. The summed E-state index contributed by atoms with van der Waals surface area (Å²) in [5.41, 5.74) is 0.226. The molecule has 70 valence electrons. The summed E-state index contributed by atoms with van der Waals surface area (Å²) in [5.74, 6) is -1.89. The fourth-order valence-corrected chi connectivity index (χ4v) is 0.976. The van der Waals surface area contributed by atoms with Crippen molar-refractivity contribution in [3.05, 3.63) is 23.8 Å². The average molecular weight is 203 g/mol. The first kappa shape index (κ1) is 9.67. The van der Waals surface area contributed by atoms with E-state index in [-0.39, 0.29) is 17.1 Å². The third-order valence-electron chi connectivity index (χ3n) is 1.51. The van der Waals surface area contributed by atoms with Crippen LogP contribution in [0.3, 0.4) is 0 Å². The summed E-state index contributed by atoms with van der Waals surface area (Å²) < 4.78 is 0. The minimum atomic E-state index is -1.22. The van der Waals surface area contributed by atoms with Crippen LogP contribution in [0.2, 0.25) is 0 Å². The Hall–Kier alpha value is -1.42. The Morgan fingerprint density at radius 1 is 1.31 bits per heavy atom. The molecule has 0 aliphatic heterocycles. The smallest absolute Gasteiger partial charge is 0.326 e. The van der Waals surface area contributed by atoms with Gasteiger partial charge in [-0.1, -0.05) is 6.07 Å². The second-order valence-electron chi connectivity index (χ2n) is 2.45. The zero-order chi connectivity index (χ0) is 10.0. The molecule has 0 amide bonds. The highest BCUT2D eigenvalue weighted by atomic mass is 35.5. The van der Waals surface area contributed by atoms with Crippen molar-refractivity contribution >= 4 is 17.6 Å². The number of halogens is 1. The van der Waals surface area contributed by atoms with Crippen LogP contribution in [0.1, 0.15) is 10.9 Å². The third kappa shape index (κ3) is 2.03. The van der Waals surface area contributed by atoms with Gasteiger partial charge in [-0.25, -0.2) is 0 Å². The average Bonchev–Trinajstić information content (AvgIpc) is 2.08. The van der Waals surface area contributed by atoms with E-state index in [2.05, 4.69) is 0 Å². The molecule has 1 unspecified atom stereocenters. The first-order chi connectivity index (χ1) is 6.02. The molecule has 0 aromatic heterocycles. The molecule has 0 spiro atoms. The lowest BCUT2D eigenvalue weighted by atomic mass is 10.1. The highest BCUT2D eigenvalue weighted by Gasteiger charge is 2.17. The number of carboxylic acids is 1. The first-order valence-electron chi connectivity index (χ1n) is 3.41. The van der Waals surface area contributed by atoms with Gasteiger partial charge in [-0.3, -0.25) is 4.79 Å². The molecule has 0 aliphatic carbocycles. The number of carbonyl (C=O) groups is 1. The number of phenols is 2. The monoisotopic (exact) mass is 202 g/mol. The minimum absolute atomic E-state index is 0.226. The number of aromatic hydroxyl groups is 2. The largest absolute Gasteiger partial charge is 0.504 e. The molecule has 1 aromatic carbocycles. The fraction of sp³-hybridized carbons (Fsp3) is 0.125. The van der Waals surface area contributed by atoms with Gasteiger partial charge in [0, 0.05) is 0 Å². The van der Waals surface area contributed by atoms with E-state index < -0.39 is 11.3 Å². The van der Waals surface area contributed by atoms with E-state index in [4.69, 9.17) is 26.9 Å². The van der Waals surface area contributed by atoms with Gasteiger partial charge in [0.15, 0.2) is 16.9 Å². The van der Waals surface area contributed by atoms with E-state index >= 15 is 0 Å². The van der Waals surface area contributed by atoms with E-state index in [0.717, 1.165) is 6.07 Å². The number of benzene rings is 1. The lowest BCUT2D eigenvalue weighted by Crippen LogP contribution is -2.04. The number of phenolic OH excluding ortho intramolecular Hbond substituents is 2. The number of aliphatic carboxylic acids is 1. The fourth-order valence-electron chi connectivity index (χ4n) is 0.841. The normalized spacial score (nSPS) is 12.4. The maximum Gasteiger partial charge on any atom is 0.326 e. The van der Waals surface area contributed by atoms with E-state index in [1.807, 2.05) is 0 Å². The molecule has 0 saturated carbocycles. The second-order valence-corrected chi connectivity index (χ2v) is 2.89. The van der Waals surface area contributed by atoms with E-state index in [9.17, 15) is 4.79 Å². The third-order valence-corrected chi connectivity index (χ3v) is 1.95. The molecular weight excluding hydrogens is 196 g/mol. The Morgan fingerprint density at radius 3 is 2.38 bits per heavy atom. The molecule has 3 N–H and O–H groups in total. The van der Waals surface area contributed by atoms with Crippen molar-refractivity contribution in [2.45, 2.75) is 5.38 Å². The summed E-state index contributed by atoms with van der Waals surface area (Å²) in [7, 11) is 0. The zero-order valence-electron chi connectivity index (χ0n) is 6.44. The second kappa shape index (κ2) is 3.53. The van der Waals surface area contributed by atoms with Crippen LogP contribution >= 0.6 is 11.6 Å². The van der Waals surface area contributed by atoms with Crippen LogP contribution in [0.25, 0.3) is 0 Å². The van der Waals surface area contributed by atoms with Gasteiger partial charge in [0.05, 0.1) is 0 Å². The van der Waals surface area contributed by atoms with Crippen LogP contribution in [0, 0.1) is 0 Å². The Kier molecular flexibility index (Phi) is 2.63. The van der Waals surface area contributed by atoms with Crippen molar-refractivity contribution in [1.29, 1.82) is 0 Å². The zero-order valence-corrected chi connectivity index (χ0v) is 7.19. The van der Waals surface area contributed by atoms with Crippen LogP contribution in [0.5, 0.6) is 11.5 Å². The van der Waals surface area contributed by atoms with Crippen LogP contribution in [-0.2, 0) is 4.79 Å². The SMILES string of the molecule is O=C(O)C(Cl)c1ccc(O)c(O)c1. The molecule has 0 heterocycles. The first-order valence-corrected chi connectivity index (χ1v) is 3.84. The van der Waals surface area contributed by atoms with Gasteiger partial charge in [0.2, 0.25) is 0 Å². The highest BCUT2D eigenvalue weighted by Crippen LogP contribution is 2.30.